The Balaban J connectivity index is 1.65. The molecule has 2 aromatic heterocycles. The highest BCUT2D eigenvalue weighted by Gasteiger charge is 2.49. The molecule has 6 nitrogen and oxygen atoms in total. The van der Waals surface area contributed by atoms with Crippen LogP contribution >= 0.6 is 11.3 Å². The van der Waals surface area contributed by atoms with Crippen LogP contribution in [-0.2, 0) is 16.1 Å². The van der Waals surface area contributed by atoms with E-state index in [1.54, 1.807) is 0 Å². The van der Waals surface area contributed by atoms with Crippen LogP contribution in [0.15, 0.2) is 11.4 Å². The number of hydrogen-bond donors (Lipinski definition) is 1. The molecule has 21 heavy (non-hydrogen) atoms. The number of nitrogen functional groups attached to an aromatic ring is 1. The van der Waals surface area contributed by atoms with Gasteiger partial charge in [-0.25, -0.2) is 9.97 Å². The van der Waals surface area contributed by atoms with Gasteiger partial charge in [0, 0.05) is 0 Å². The highest BCUT2D eigenvalue weighted by molar-refractivity contribution is 7.16. The van der Waals surface area contributed by atoms with Crippen LogP contribution in [0.5, 0.6) is 0 Å². The van der Waals surface area contributed by atoms with Crippen molar-refractivity contribution in [3.8, 4) is 0 Å². The van der Waals surface area contributed by atoms with Crippen LogP contribution in [0.1, 0.15) is 25.1 Å². The molecule has 1 saturated carbocycles. The van der Waals surface area contributed by atoms with E-state index in [0.717, 1.165) is 29.5 Å². The second kappa shape index (κ2) is 4.49. The molecule has 1 saturated heterocycles. The van der Waals surface area contributed by atoms with Crippen molar-refractivity contribution in [2.75, 3.05) is 5.73 Å². The molecule has 2 aliphatic rings. The van der Waals surface area contributed by atoms with Crippen molar-refractivity contribution in [2.24, 2.45) is 11.8 Å². The molecule has 0 bridgehead atoms. The predicted molar refractivity (Wildman–Crippen MR) is 78.2 cm³/mol. The Hall–Kier alpha value is -2.02. The quantitative estimate of drug-likeness (QED) is 0.850. The first kappa shape index (κ1) is 12.7. The monoisotopic (exact) mass is 302 g/mol. The number of nitrogens with zero attached hydrogens (tertiary/aromatic N) is 3. The van der Waals surface area contributed by atoms with Gasteiger partial charge >= 0.3 is 0 Å². The van der Waals surface area contributed by atoms with Crippen molar-refractivity contribution < 1.29 is 9.59 Å². The molecule has 2 fully saturated rings. The van der Waals surface area contributed by atoms with Crippen LogP contribution in [0.2, 0.25) is 0 Å². The fourth-order valence-corrected chi connectivity index (χ4v) is 4.14. The third-order valence-corrected chi connectivity index (χ3v) is 5.19. The van der Waals surface area contributed by atoms with Crippen molar-refractivity contribution in [2.45, 2.75) is 25.8 Å². The van der Waals surface area contributed by atoms with Gasteiger partial charge in [0.2, 0.25) is 11.8 Å². The van der Waals surface area contributed by atoms with Crippen molar-refractivity contribution >= 4 is 39.2 Å². The summed E-state index contributed by atoms with van der Waals surface area (Å²) in [6.45, 7) is 0.128. The number of thiophene rings is 1. The molecule has 4 rings (SSSR count). The molecule has 7 heteroatoms. The SMILES string of the molecule is Nc1nc(CN2C(=O)C3CCCC3C2=O)nc2sccc12. The Morgan fingerprint density at radius 2 is 1.95 bits per heavy atom. The Bertz CT molecular complexity index is 735. The van der Waals surface area contributed by atoms with Crippen molar-refractivity contribution in [3.63, 3.8) is 0 Å². The molecule has 2 amide bonds. The van der Waals surface area contributed by atoms with Gasteiger partial charge in [0.1, 0.15) is 10.6 Å². The largest absolute Gasteiger partial charge is 0.383 e. The van der Waals surface area contributed by atoms with E-state index >= 15 is 0 Å². The van der Waals surface area contributed by atoms with Crippen LogP contribution in [-0.4, -0.2) is 26.7 Å². The number of rotatable bonds is 2. The van der Waals surface area contributed by atoms with Crippen molar-refractivity contribution in [1.29, 1.82) is 0 Å². The number of likely N-dealkylation sites (tertiary alicyclic amines) is 1. The molecule has 2 atom stereocenters. The number of imide groups is 1. The van der Waals surface area contributed by atoms with Crippen LogP contribution in [0.4, 0.5) is 5.82 Å². The Morgan fingerprint density at radius 1 is 1.24 bits per heavy atom. The third-order valence-electron chi connectivity index (χ3n) is 4.38. The smallest absolute Gasteiger partial charge is 0.233 e. The highest BCUT2D eigenvalue weighted by Crippen LogP contribution is 2.40. The van der Waals surface area contributed by atoms with E-state index in [1.165, 1.54) is 16.2 Å². The van der Waals surface area contributed by atoms with Crippen molar-refractivity contribution in [3.05, 3.63) is 17.3 Å². The van der Waals surface area contributed by atoms with Gasteiger partial charge in [0.05, 0.1) is 23.8 Å². The lowest BCUT2D eigenvalue weighted by Gasteiger charge is -2.15. The minimum absolute atomic E-state index is 0.0732. The number of amides is 2. The fourth-order valence-electron chi connectivity index (χ4n) is 3.35. The fraction of sp³-hybridized carbons (Fsp3) is 0.429. The summed E-state index contributed by atoms with van der Waals surface area (Å²) < 4.78 is 0. The van der Waals surface area contributed by atoms with Gasteiger partial charge in [-0.15, -0.1) is 11.3 Å². The van der Waals surface area contributed by atoms with E-state index in [2.05, 4.69) is 9.97 Å². The number of aromatic nitrogens is 2. The van der Waals surface area contributed by atoms with Crippen LogP contribution in [0.3, 0.4) is 0 Å². The lowest BCUT2D eigenvalue weighted by Crippen LogP contribution is -2.32. The summed E-state index contributed by atoms with van der Waals surface area (Å²) in [6.07, 6.45) is 2.60. The summed E-state index contributed by atoms with van der Waals surface area (Å²) in [5.41, 5.74) is 5.90. The normalized spacial score (nSPS) is 25.0. The zero-order valence-corrected chi connectivity index (χ0v) is 12.1. The average molecular weight is 302 g/mol. The van der Waals surface area contributed by atoms with Crippen LogP contribution in [0.25, 0.3) is 10.2 Å². The number of fused-ring (bicyclic) bond motifs is 2. The summed E-state index contributed by atoms with van der Waals surface area (Å²) in [4.78, 5) is 35.4. The molecular weight excluding hydrogens is 288 g/mol. The maximum Gasteiger partial charge on any atom is 0.233 e. The highest BCUT2D eigenvalue weighted by atomic mass is 32.1. The number of carbonyl (C=O) groups is 2. The first-order valence-corrected chi connectivity index (χ1v) is 7.88. The maximum absolute atomic E-state index is 12.3. The van der Waals surface area contributed by atoms with Gasteiger partial charge in [-0.1, -0.05) is 6.42 Å². The zero-order chi connectivity index (χ0) is 14.6. The molecule has 0 radical (unpaired) electrons. The molecular formula is C14H14N4O2S. The van der Waals surface area contributed by atoms with Gasteiger partial charge in [-0.2, -0.15) is 0 Å². The number of anilines is 1. The Labute approximate surface area is 125 Å². The number of hydrogen-bond acceptors (Lipinski definition) is 6. The Kier molecular flexibility index (Phi) is 2.72. The second-order valence-corrected chi connectivity index (χ2v) is 6.47. The summed E-state index contributed by atoms with van der Waals surface area (Å²) in [6, 6.07) is 1.87. The standard InChI is InChI=1S/C14H14N4O2S/c15-11-9-4-5-21-12(9)17-10(16-11)6-18-13(19)7-2-1-3-8(7)14(18)20/h4-5,7-8H,1-3,6H2,(H2,15,16,17). The zero-order valence-electron chi connectivity index (χ0n) is 11.3. The maximum atomic E-state index is 12.3. The van der Waals surface area contributed by atoms with E-state index < -0.39 is 0 Å². The van der Waals surface area contributed by atoms with Gasteiger partial charge < -0.3 is 5.73 Å². The molecule has 2 unspecified atom stereocenters. The molecule has 3 heterocycles. The Morgan fingerprint density at radius 3 is 2.67 bits per heavy atom. The topological polar surface area (TPSA) is 89.2 Å². The van der Waals surface area contributed by atoms with Gasteiger partial charge in [0.15, 0.2) is 5.82 Å². The molecule has 108 valence electrons. The lowest BCUT2D eigenvalue weighted by atomic mass is 10.00. The van der Waals surface area contributed by atoms with E-state index in [1.807, 2.05) is 11.4 Å². The number of nitrogens with two attached hydrogens (primary N) is 1. The first-order valence-electron chi connectivity index (χ1n) is 7.00. The van der Waals surface area contributed by atoms with Crippen molar-refractivity contribution in [1.82, 2.24) is 14.9 Å². The summed E-state index contributed by atoms with van der Waals surface area (Å²) in [5, 5.41) is 2.72. The molecule has 2 N–H and O–H groups in total. The van der Waals surface area contributed by atoms with Gasteiger partial charge in [-0.3, -0.25) is 14.5 Å². The lowest BCUT2D eigenvalue weighted by molar-refractivity contribution is -0.141. The summed E-state index contributed by atoms with van der Waals surface area (Å²) >= 11 is 1.47. The van der Waals surface area contributed by atoms with E-state index in [-0.39, 0.29) is 30.2 Å². The van der Waals surface area contributed by atoms with E-state index in [0.29, 0.717) is 11.6 Å². The first-order chi connectivity index (χ1) is 10.1. The minimum atomic E-state index is -0.125. The van der Waals surface area contributed by atoms with E-state index in [9.17, 15) is 9.59 Å². The molecule has 0 spiro atoms. The third kappa shape index (κ3) is 1.84. The predicted octanol–water partition coefficient (Wildman–Crippen LogP) is 1.56. The summed E-state index contributed by atoms with van der Waals surface area (Å²) in [7, 11) is 0. The van der Waals surface area contributed by atoms with Crippen LogP contribution in [0, 0.1) is 11.8 Å². The molecule has 2 aromatic rings. The van der Waals surface area contributed by atoms with Crippen LogP contribution < -0.4 is 5.73 Å². The van der Waals surface area contributed by atoms with Gasteiger partial charge in [-0.05, 0) is 24.3 Å². The number of carbonyl (C=O) groups excluding carboxylic acids is 2. The summed E-state index contributed by atoms with van der Waals surface area (Å²) in [5.74, 6) is 0.437. The average Bonchev–Trinajstić information content (AvgIpc) is 3.15. The minimum Gasteiger partial charge on any atom is -0.383 e. The second-order valence-electron chi connectivity index (χ2n) is 5.57. The van der Waals surface area contributed by atoms with E-state index in [4.69, 9.17) is 5.73 Å². The molecule has 0 aromatic carbocycles. The van der Waals surface area contributed by atoms with Gasteiger partial charge in [0.25, 0.3) is 0 Å². The molecule has 1 aliphatic heterocycles. The molecule has 1 aliphatic carbocycles.